The Morgan fingerprint density at radius 2 is 2.08 bits per heavy atom. The third-order valence-corrected chi connectivity index (χ3v) is 5.86. The maximum atomic E-state index is 13.0. The predicted molar refractivity (Wildman–Crippen MR) is 99.6 cm³/mol. The lowest BCUT2D eigenvalue weighted by molar-refractivity contribution is -0.121. The number of aliphatic hydroxyl groups is 1. The van der Waals surface area contributed by atoms with Gasteiger partial charge in [0.1, 0.15) is 0 Å². The van der Waals surface area contributed by atoms with Gasteiger partial charge in [-0.1, -0.05) is 23.2 Å². The van der Waals surface area contributed by atoms with Crippen molar-refractivity contribution in [2.24, 2.45) is 5.92 Å². The SMILES string of the molecule is Cc1cc([C@@H]2[C@@H]3O[C@@H](C[C@H]3O)[C@@H]2C(=O)Nc2ccc(Cl)c(Cl)c2)ccn1. The van der Waals surface area contributed by atoms with Gasteiger partial charge in [0.05, 0.1) is 34.3 Å². The number of fused-ring (bicyclic) bond motifs is 2. The van der Waals surface area contributed by atoms with Crippen LogP contribution in [0.2, 0.25) is 10.0 Å². The Bertz CT molecular complexity index is 860. The topological polar surface area (TPSA) is 71.5 Å². The fourth-order valence-corrected chi connectivity index (χ4v) is 4.31. The number of carbonyl (C=O) groups excluding carboxylic acids is 1. The lowest BCUT2D eigenvalue weighted by Crippen LogP contribution is -2.41. The van der Waals surface area contributed by atoms with Crippen LogP contribution in [0.3, 0.4) is 0 Å². The number of hydrogen-bond donors (Lipinski definition) is 2. The van der Waals surface area contributed by atoms with Crippen molar-refractivity contribution in [1.29, 1.82) is 0 Å². The first-order valence-corrected chi connectivity index (χ1v) is 9.21. The van der Waals surface area contributed by atoms with Crippen molar-refractivity contribution in [3.05, 3.63) is 57.8 Å². The minimum atomic E-state index is -0.563. The van der Waals surface area contributed by atoms with Gasteiger partial charge in [0, 0.05) is 29.9 Å². The molecular weight excluding hydrogens is 375 g/mol. The quantitative estimate of drug-likeness (QED) is 0.837. The van der Waals surface area contributed by atoms with Crippen LogP contribution >= 0.6 is 23.2 Å². The van der Waals surface area contributed by atoms with Gasteiger partial charge in [0.15, 0.2) is 0 Å². The number of ether oxygens (including phenoxy) is 1. The summed E-state index contributed by atoms with van der Waals surface area (Å²) in [6.07, 6.45) is 0.928. The van der Waals surface area contributed by atoms with Gasteiger partial charge in [-0.3, -0.25) is 9.78 Å². The molecule has 3 heterocycles. The summed E-state index contributed by atoms with van der Waals surface area (Å²) in [5.41, 5.74) is 2.40. The third-order valence-electron chi connectivity index (χ3n) is 5.12. The minimum Gasteiger partial charge on any atom is -0.390 e. The Morgan fingerprint density at radius 3 is 2.81 bits per heavy atom. The molecule has 7 heteroatoms. The Labute approximate surface area is 161 Å². The number of carbonyl (C=O) groups is 1. The molecule has 5 atom stereocenters. The number of aromatic nitrogens is 1. The number of aryl methyl sites for hydroxylation is 1. The van der Waals surface area contributed by atoms with E-state index < -0.39 is 6.10 Å². The number of aliphatic hydroxyl groups excluding tert-OH is 1. The molecule has 5 nitrogen and oxygen atoms in total. The number of amides is 1. The molecule has 1 amide bonds. The number of nitrogens with one attached hydrogen (secondary N) is 1. The van der Waals surface area contributed by atoms with Crippen LogP contribution < -0.4 is 5.32 Å². The highest BCUT2D eigenvalue weighted by Gasteiger charge is 2.56. The molecule has 4 rings (SSSR count). The summed E-state index contributed by atoms with van der Waals surface area (Å²) < 4.78 is 5.93. The molecule has 2 aliphatic rings. The number of pyridine rings is 1. The lowest BCUT2D eigenvalue weighted by atomic mass is 9.74. The number of rotatable bonds is 3. The second kappa shape index (κ2) is 6.82. The van der Waals surface area contributed by atoms with Crippen LogP contribution in [-0.2, 0) is 9.53 Å². The van der Waals surface area contributed by atoms with Crippen molar-refractivity contribution in [2.45, 2.75) is 37.6 Å². The largest absolute Gasteiger partial charge is 0.390 e. The fourth-order valence-electron chi connectivity index (χ4n) is 4.01. The zero-order chi connectivity index (χ0) is 18.4. The van der Waals surface area contributed by atoms with E-state index in [2.05, 4.69) is 10.3 Å². The molecule has 2 aromatic rings. The number of hydrogen-bond acceptors (Lipinski definition) is 4. The standard InChI is InChI=1S/C19H18Cl2N2O3/c1-9-6-10(4-5-22-9)16-17(15-8-14(24)18(16)26-15)19(25)23-11-2-3-12(20)13(21)7-11/h2-7,14-18,24H,8H2,1H3,(H,23,25)/t14-,15+,16+,17+,18-/m1/s1. The molecule has 26 heavy (non-hydrogen) atoms. The summed E-state index contributed by atoms with van der Waals surface area (Å²) in [6, 6.07) is 8.80. The van der Waals surface area contributed by atoms with Crippen LogP contribution in [0, 0.1) is 12.8 Å². The van der Waals surface area contributed by atoms with Crippen molar-refractivity contribution < 1.29 is 14.6 Å². The molecule has 0 aliphatic carbocycles. The van der Waals surface area contributed by atoms with Crippen LogP contribution in [-0.4, -0.2) is 34.3 Å². The van der Waals surface area contributed by atoms with Gasteiger partial charge >= 0.3 is 0 Å². The first-order valence-electron chi connectivity index (χ1n) is 8.46. The molecule has 0 spiro atoms. The maximum Gasteiger partial charge on any atom is 0.230 e. The van der Waals surface area contributed by atoms with Gasteiger partial charge in [0.25, 0.3) is 0 Å². The van der Waals surface area contributed by atoms with Crippen molar-refractivity contribution >= 4 is 34.8 Å². The molecule has 2 bridgehead atoms. The molecule has 2 saturated heterocycles. The van der Waals surface area contributed by atoms with Crippen LogP contribution in [0.25, 0.3) is 0 Å². The van der Waals surface area contributed by atoms with Crippen molar-refractivity contribution in [3.63, 3.8) is 0 Å². The minimum absolute atomic E-state index is 0.151. The zero-order valence-electron chi connectivity index (χ0n) is 14.0. The summed E-state index contributed by atoms with van der Waals surface area (Å²) in [6.45, 7) is 1.90. The highest BCUT2D eigenvalue weighted by molar-refractivity contribution is 6.42. The molecule has 0 unspecified atom stereocenters. The first-order chi connectivity index (χ1) is 12.4. The van der Waals surface area contributed by atoms with E-state index in [4.69, 9.17) is 27.9 Å². The van der Waals surface area contributed by atoms with E-state index in [0.29, 0.717) is 22.2 Å². The van der Waals surface area contributed by atoms with E-state index in [-0.39, 0.29) is 30.0 Å². The van der Waals surface area contributed by atoms with E-state index in [1.165, 1.54) is 0 Å². The average molecular weight is 393 g/mol. The molecule has 2 fully saturated rings. The highest BCUT2D eigenvalue weighted by atomic mass is 35.5. The summed E-state index contributed by atoms with van der Waals surface area (Å²) >= 11 is 12.0. The first kappa shape index (κ1) is 17.7. The van der Waals surface area contributed by atoms with E-state index in [9.17, 15) is 9.90 Å². The number of halogens is 2. The number of benzene rings is 1. The highest BCUT2D eigenvalue weighted by Crippen LogP contribution is 2.49. The smallest absolute Gasteiger partial charge is 0.230 e. The van der Waals surface area contributed by atoms with E-state index in [1.807, 2.05) is 19.1 Å². The van der Waals surface area contributed by atoms with Gasteiger partial charge in [-0.15, -0.1) is 0 Å². The van der Waals surface area contributed by atoms with Gasteiger partial charge in [0.2, 0.25) is 5.91 Å². The van der Waals surface area contributed by atoms with Gasteiger partial charge in [-0.25, -0.2) is 0 Å². The molecular formula is C19H18Cl2N2O3. The second-order valence-corrected chi connectivity index (χ2v) is 7.66. The zero-order valence-corrected chi connectivity index (χ0v) is 15.5. The number of nitrogens with zero attached hydrogens (tertiary/aromatic N) is 1. The predicted octanol–water partition coefficient (Wildman–Crippen LogP) is 3.57. The molecule has 0 saturated carbocycles. The van der Waals surface area contributed by atoms with Gasteiger partial charge in [-0.2, -0.15) is 0 Å². The van der Waals surface area contributed by atoms with Crippen molar-refractivity contribution in [2.75, 3.05) is 5.32 Å². The fraction of sp³-hybridized carbons (Fsp3) is 0.368. The third kappa shape index (κ3) is 3.09. The normalized spacial score (nSPS) is 29.8. The van der Waals surface area contributed by atoms with E-state index in [0.717, 1.165) is 11.3 Å². The monoisotopic (exact) mass is 392 g/mol. The second-order valence-electron chi connectivity index (χ2n) is 6.84. The number of anilines is 1. The Hall–Kier alpha value is -1.66. The average Bonchev–Trinajstić information content (AvgIpc) is 3.15. The summed E-state index contributed by atoms with van der Waals surface area (Å²) in [4.78, 5) is 17.2. The van der Waals surface area contributed by atoms with E-state index in [1.54, 1.807) is 24.4 Å². The summed E-state index contributed by atoms with van der Waals surface area (Å²) in [5, 5.41) is 14.0. The van der Waals surface area contributed by atoms with Crippen molar-refractivity contribution in [1.82, 2.24) is 4.98 Å². The molecule has 1 aromatic heterocycles. The summed E-state index contributed by atoms with van der Waals surface area (Å²) in [7, 11) is 0. The Balaban J connectivity index is 1.62. The van der Waals surface area contributed by atoms with Crippen LogP contribution in [0.4, 0.5) is 5.69 Å². The van der Waals surface area contributed by atoms with Crippen LogP contribution in [0.15, 0.2) is 36.5 Å². The van der Waals surface area contributed by atoms with Gasteiger partial charge < -0.3 is 15.2 Å². The van der Waals surface area contributed by atoms with Crippen molar-refractivity contribution in [3.8, 4) is 0 Å². The Kier molecular flexibility index (Phi) is 4.65. The summed E-state index contributed by atoms with van der Waals surface area (Å²) in [5.74, 6) is -0.755. The Morgan fingerprint density at radius 1 is 1.27 bits per heavy atom. The lowest BCUT2D eigenvalue weighted by Gasteiger charge is -2.30. The molecule has 0 radical (unpaired) electrons. The van der Waals surface area contributed by atoms with E-state index >= 15 is 0 Å². The molecule has 2 N–H and O–H groups in total. The molecule has 1 aromatic carbocycles. The molecule has 2 aliphatic heterocycles. The van der Waals surface area contributed by atoms with Gasteiger partial charge in [-0.05, 0) is 42.8 Å². The maximum absolute atomic E-state index is 13.0. The van der Waals surface area contributed by atoms with Crippen LogP contribution in [0.1, 0.15) is 23.6 Å². The van der Waals surface area contributed by atoms with Crippen LogP contribution in [0.5, 0.6) is 0 Å². The molecule has 136 valence electrons.